The maximum Gasteiger partial charge on any atom is 0.204 e. The number of carbonyl (C=O) groups is 1. The van der Waals surface area contributed by atoms with Crippen molar-refractivity contribution in [2.45, 2.75) is 0 Å². The number of nitrogens with two attached hydrogens (primary N) is 1. The van der Waals surface area contributed by atoms with E-state index in [1.165, 1.54) is 11.3 Å². The molecular weight excluding hydrogens is 345 g/mol. The van der Waals surface area contributed by atoms with Gasteiger partial charge in [-0.25, -0.2) is 0 Å². The molecule has 1 aromatic heterocycles. The van der Waals surface area contributed by atoms with Crippen molar-refractivity contribution in [1.29, 1.82) is 0 Å². The highest BCUT2D eigenvalue weighted by atomic mass is 79.9. The molecule has 0 fully saturated rings. The number of ketones is 1. The van der Waals surface area contributed by atoms with E-state index in [0.717, 1.165) is 3.79 Å². The van der Waals surface area contributed by atoms with Gasteiger partial charge in [0.2, 0.25) is 5.78 Å². The first kappa shape index (κ1) is 12.9. The number of hydrogen-bond donors (Lipinski definition) is 1. The van der Waals surface area contributed by atoms with Crippen molar-refractivity contribution < 1.29 is 4.79 Å². The third kappa shape index (κ3) is 2.50. The Balaban J connectivity index is 2.47. The fraction of sp³-hybridized carbons (Fsp3) is 0. The second kappa shape index (κ2) is 4.98. The molecule has 17 heavy (non-hydrogen) atoms. The molecule has 2 aromatic rings. The van der Waals surface area contributed by atoms with Gasteiger partial charge < -0.3 is 5.73 Å². The minimum atomic E-state index is -0.181. The van der Waals surface area contributed by atoms with E-state index in [1.807, 2.05) is 0 Å². The first-order chi connectivity index (χ1) is 8.00. The van der Waals surface area contributed by atoms with E-state index in [0.29, 0.717) is 21.2 Å². The van der Waals surface area contributed by atoms with Crippen LogP contribution in [0.25, 0.3) is 0 Å². The van der Waals surface area contributed by atoms with Crippen molar-refractivity contribution in [3.63, 3.8) is 0 Å². The highest BCUT2D eigenvalue weighted by Crippen LogP contribution is 2.34. The molecule has 2 nitrogen and oxygen atoms in total. The number of halogens is 3. The molecule has 1 aromatic carbocycles. The molecule has 0 saturated carbocycles. The van der Waals surface area contributed by atoms with Gasteiger partial charge in [-0.2, -0.15) is 0 Å². The number of hydrogen-bond acceptors (Lipinski definition) is 3. The van der Waals surface area contributed by atoms with Crippen LogP contribution in [0.15, 0.2) is 28.1 Å². The monoisotopic (exact) mass is 349 g/mol. The van der Waals surface area contributed by atoms with Gasteiger partial charge in [-0.15, -0.1) is 11.3 Å². The molecule has 0 unspecified atom stereocenters. The first-order valence-corrected chi connectivity index (χ1v) is 6.90. The molecule has 0 aliphatic rings. The molecule has 0 aliphatic heterocycles. The van der Waals surface area contributed by atoms with Gasteiger partial charge in [0.05, 0.1) is 24.4 Å². The van der Waals surface area contributed by atoms with Crippen LogP contribution < -0.4 is 5.73 Å². The zero-order valence-corrected chi connectivity index (χ0v) is 12.3. The first-order valence-electron chi connectivity index (χ1n) is 4.54. The summed E-state index contributed by atoms with van der Waals surface area (Å²) in [5.74, 6) is -0.181. The molecule has 2 rings (SSSR count). The van der Waals surface area contributed by atoms with Crippen LogP contribution in [0.5, 0.6) is 0 Å². The lowest BCUT2D eigenvalue weighted by Crippen LogP contribution is -2.01. The van der Waals surface area contributed by atoms with Crippen LogP contribution in [0.4, 0.5) is 5.69 Å². The van der Waals surface area contributed by atoms with Crippen molar-refractivity contribution in [3.05, 3.63) is 48.5 Å². The normalized spacial score (nSPS) is 10.5. The molecule has 0 radical (unpaired) electrons. The van der Waals surface area contributed by atoms with Gasteiger partial charge in [-0.05, 0) is 34.1 Å². The lowest BCUT2D eigenvalue weighted by Gasteiger charge is -2.03. The Hall–Kier alpha value is -0.550. The van der Waals surface area contributed by atoms with Crippen LogP contribution in [-0.2, 0) is 0 Å². The summed E-state index contributed by atoms with van der Waals surface area (Å²) in [6.07, 6.45) is 0. The lowest BCUT2D eigenvalue weighted by atomic mass is 10.1. The Morgan fingerprint density at radius 2 is 2.06 bits per heavy atom. The summed E-state index contributed by atoms with van der Waals surface area (Å²) in [7, 11) is 0. The predicted molar refractivity (Wildman–Crippen MR) is 76.3 cm³/mol. The fourth-order valence-corrected chi connectivity index (χ4v) is 3.18. The average molecular weight is 351 g/mol. The summed E-state index contributed by atoms with van der Waals surface area (Å²) in [6, 6.07) is 6.59. The van der Waals surface area contributed by atoms with Crippen LogP contribution in [0.3, 0.4) is 0 Å². The number of nitrogen functional groups attached to an aromatic ring is 1. The predicted octanol–water partition coefficient (Wildman–Crippen LogP) is 4.63. The van der Waals surface area contributed by atoms with E-state index in [1.54, 1.807) is 24.3 Å². The summed E-state index contributed by atoms with van der Waals surface area (Å²) in [5, 5.41) is 0.788. The summed E-state index contributed by atoms with van der Waals surface area (Å²) < 4.78 is 0.725. The Labute approximate surface area is 120 Å². The zero-order valence-electron chi connectivity index (χ0n) is 8.34. The van der Waals surface area contributed by atoms with Crippen molar-refractivity contribution in [2.75, 3.05) is 5.73 Å². The number of carbonyl (C=O) groups excluding carboxylic acids is 1. The molecule has 2 N–H and O–H groups in total. The van der Waals surface area contributed by atoms with Crippen molar-refractivity contribution in [3.8, 4) is 0 Å². The molecule has 88 valence electrons. The molecular formula is C11H6BrCl2NOS. The van der Waals surface area contributed by atoms with E-state index in [2.05, 4.69) is 15.9 Å². The van der Waals surface area contributed by atoms with Gasteiger partial charge in [-0.3, -0.25) is 4.79 Å². The fourth-order valence-electron chi connectivity index (χ4n) is 1.32. The summed E-state index contributed by atoms with van der Waals surface area (Å²) in [4.78, 5) is 12.7. The maximum absolute atomic E-state index is 12.2. The number of benzene rings is 1. The Morgan fingerprint density at radius 1 is 1.35 bits per heavy atom. The lowest BCUT2D eigenvalue weighted by molar-refractivity contribution is 0.104. The largest absolute Gasteiger partial charge is 0.398 e. The Kier molecular flexibility index (Phi) is 3.78. The van der Waals surface area contributed by atoms with Gasteiger partial charge in [0, 0.05) is 5.56 Å². The van der Waals surface area contributed by atoms with Gasteiger partial charge >= 0.3 is 0 Å². The second-order valence-corrected chi connectivity index (χ2v) is 6.43. The third-order valence-electron chi connectivity index (χ3n) is 2.14. The molecule has 0 amide bonds. The molecule has 0 spiro atoms. The molecule has 0 bridgehead atoms. The minimum absolute atomic E-state index is 0.181. The highest BCUT2D eigenvalue weighted by molar-refractivity contribution is 9.11. The van der Waals surface area contributed by atoms with Crippen LogP contribution in [0.1, 0.15) is 15.2 Å². The van der Waals surface area contributed by atoms with Crippen molar-refractivity contribution in [2.24, 2.45) is 0 Å². The van der Waals surface area contributed by atoms with Crippen LogP contribution in [0.2, 0.25) is 10.0 Å². The van der Waals surface area contributed by atoms with Gasteiger partial charge in [0.1, 0.15) is 0 Å². The maximum atomic E-state index is 12.2. The Bertz CT molecular complexity index is 578. The third-order valence-corrected chi connectivity index (χ3v) is 5.04. The molecule has 6 heteroatoms. The zero-order chi connectivity index (χ0) is 12.6. The van der Waals surface area contributed by atoms with E-state index in [-0.39, 0.29) is 10.8 Å². The number of thiophene rings is 1. The summed E-state index contributed by atoms with van der Waals surface area (Å²) in [5.41, 5.74) is 6.43. The average Bonchev–Trinajstić information content (AvgIpc) is 2.62. The highest BCUT2D eigenvalue weighted by Gasteiger charge is 2.17. The van der Waals surface area contributed by atoms with Crippen LogP contribution in [-0.4, -0.2) is 5.78 Å². The van der Waals surface area contributed by atoms with Crippen LogP contribution >= 0.6 is 50.5 Å². The van der Waals surface area contributed by atoms with E-state index >= 15 is 0 Å². The van der Waals surface area contributed by atoms with Crippen molar-refractivity contribution in [1.82, 2.24) is 0 Å². The van der Waals surface area contributed by atoms with Crippen molar-refractivity contribution >= 4 is 61.9 Å². The smallest absolute Gasteiger partial charge is 0.204 e. The molecule has 0 aliphatic carbocycles. The van der Waals surface area contributed by atoms with Gasteiger partial charge in [-0.1, -0.05) is 29.3 Å². The topological polar surface area (TPSA) is 43.1 Å². The number of anilines is 1. The van der Waals surface area contributed by atoms with Crippen LogP contribution in [0, 0.1) is 0 Å². The molecule has 0 atom stereocenters. The second-order valence-electron chi connectivity index (χ2n) is 3.27. The Morgan fingerprint density at radius 3 is 2.65 bits per heavy atom. The molecule has 0 saturated heterocycles. The minimum Gasteiger partial charge on any atom is -0.398 e. The molecule has 1 heterocycles. The van der Waals surface area contributed by atoms with E-state index in [4.69, 9.17) is 28.9 Å². The number of rotatable bonds is 2. The van der Waals surface area contributed by atoms with Gasteiger partial charge in [0.15, 0.2) is 0 Å². The summed E-state index contributed by atoms with van der Waals surface area (Å²) in [6.45, 7) is 0. The van der Waals surface area contributed by atoms with E-state index < -0.39 is 0 Å². The SMILES string of the molecule is Nc1cccc(C(=O)c2cc(Cl)c(Br)s2)c1Cl. The quantitative estimate of drug-likeness (QED) is 0.633. The summed E-state index contributed by atoms with van der Waals surface area (Å²) >= 11 is 16.4. The standard InChI is InChI=1S/C11H6BrCl2NOS/c12-11-6(13)4-8(17-11)10(16)5-2-1-3-7(15)9(5)14/h1-4H,15H2. The van der Waals surface area contributed by atoms with Gasteiger partial charge in [0.25, 0.3) is 0 Å². The van der Waals surface area contributed by atoms with E-state index in [9.17, 15) is 4.79 Å².